The Morgan fingerprint density at radius 3 is 2.78 bits per heavy atom. The van der Waals surface area contributed by atoms with E-state index in [2.05, 4.69) is 6.92 Å². The summed E-state index contributed by atoms with van der Waals surface area (Å²) in [5, 5.41) is 8.70. The lowest BCUT2D eigenvalue weighted by Crippen LogP contribution is -2.25. The van der Waals surface area contributed by atoms with E-state index < -0.39 is 0 Å². The van der Waals surface area contributed by atoms with Gasteiger partial charge in [0.05, 0.1) is 12.7 Å². The third kappa shape index (κ3) is 1.95. The van der Waals surface area contributed by atoms with E-state index in [1.807, 2.05) is 0 Å². The van der Waals surface area contributed by atoms with Crippen molar-refractivity contribution in [3.05, 3.63) is 0 Å². The van der Waals surface area contributed by atoms with Crippen LogP contribution in [0.15, 0.2) is 0 Å². The molecular formula is C7H14O2. The summed E-state index contributed by atoms with van der Waals surface area (Å²) in [6.45, 7) is 3.11. The van der Waals surface area contributed by atoms with E-state index in [1.54, 1.807) is 0 Å². The van der Waals surface area contributed by atoms with Gasteiger partial charge in [-0.25, -0.2) is 0 Å². The fraction of sp³-hybridized carbons (Fsp3) is 1.00. The molecule has 1 rings (SSSR count). The van der Waals surface area contributed by atoms with E-state index in [-0.39, 0.29) is 6.61 Å². The average molecular weight is 130 g/mol. The van der Waals surface area contributed by atoms with Gasteiger partial charge in [0.15, 0.2) is 0 Å². The van der Waals surface area contributed by atoms with Crippen molar-refractivity contribution in [2.75, 3.05) is 13.2 Å². The van der Waals surface area contributed by atoms with Gasteiger partial charge >= 0.3 is 0 Å². The fourth-order valence-corrected chi connectivity index (χ4v) is 1.08. The Bertz CT molecular complexity index is 75.0. The zero-order valence-electron chi connectivity index (χ0n) is 5.84. The molecule has 1 N–H and O–H groups in total. The number of aliphatic hydroxyl groups is 1. The number of hydrogen-bond acceptors (Lipinski definition) is 2. The Balaban J connectivity index is 2.18. The van der Waals surface area contributed by atoms with Crippen molar-refractivity contribution in [2.45, 2.75) is 25.9 Å². The molecule has 0 amide bonds. The molecule has 0 radical (unpaired) electrons. The zero-order chi connectivity index (χ0) is 6.69. The smallest absolute Gasteiger partial charge is 0.0547 e. The summed E-state index contributed by atoms with van der Waals surface area (Å²) in [5.41, 5.74) is 0. The van der Waals surface area contributed by atoms with E-state index in [0.717, 1.165) is 19.4 Å². The second kappa shape index (κ2) is 3.18. The first-order valence-corrected chi connectivity index (χ1v) is 3.55. The van der Waals surface area contributed by atoms with E-state index in [1.165, 1.54) is 0 Å². The lowest BCUT2D eigenvalue weighted by Gasteiger charge is -2.24. The number of rotatable bonds is 1. The quantitative estimate of drug-likeness (QED) is 0.568. The van der Waals surface area contributed by atoms with Crippen LogP contribution in [-0.4, -0.2) is 24.4 Å². The topological polar surface area (TPSA) is 29.5 Å². The maximum Gasteiger partial charge on any atom is 0.0547 e. The van der Waals surface area contributed by atoms with Gasteiger partial charge in [0, 0.05) is 12.5 Å². The van der Waals surface area contributed by atoms with Crippen LogP contribution in [0, 0.1) is 5.92 Å². The van der Waals surface area contributed by atoms with Gasteiger partial charge < -0.3 is 9.84 Å². The van der Waals surface area contributed by atoms with Crippen molar-refractivity contribution in [1.82, 2.24) is 0 Å². The molecule has 2 atom stereocenters. The van der Waals surface area contributed by atoms with Gasteiger partial charge in [-0.1, -0.05) is 0 Å². The molecule has 54 valence electrons. The minimum Gasteiger partial charge on any atom is -0.396 e. The van der Waals surface area contributed by atoms with Crippen LogP contribution in [-0.2, 0) is 4.74 Å². The van der Waals surface area contributed by atoms with Gasteiger partial charge in [-0.15, -0.1) is 0 Å². The molecule has 1 saturated heterocycles. The maximum atomic E-state index is 8.70. The zero-order valence-corrected chi connectivity index (χ0v) is 5.84. The summed E-state index contributed by atoms with van der Waals surface area (Å²) >= 11 is 0. The minimum atomic E-state index is 0.284. The maximum absolute atomic E-state index is 8.70. The third-order valence-electron chi connectivity index (χ3n) is 1.86. The van der Waals surface area contributed by atoms with Crippen LogP contribution in [0.5, 0.6) is 0 Å². The van der Waals surface area contributed by atoms with Gasteiger partial charge in [-0.2, -0.15) is 0 Å². The molecule has 1 fully saturated rings. The van der Waals surface area contributed by atoms with Crippen LogP contribution >= 0.6 is 0 Å². The Morgan fingerprint density at radius 2 is 2.33 bits per heavy atom. The van der Waals surface area contributed by atoms with Crippen LogP contribution in [0.1, 0.15) is 19.8 Å². The molecule has 0 aromatic rings. The van der Waals surface area contributed by atoms with Crippen molar-refractivity contribution in [2.24, 2.45) is 5.92 Å². The molecule has 2 nitrogen and oxygen atoms in total. The molecule has 0 aromatic carbocycles. The van der Waals surface area contributed by atoms with Gasteiger partial charge in [0.25, 0.3) is 0 Å². The molecule has 0 bridgehead atoms. The summed E-state index contributed by atoms with van der Waals surface area (Å²) in [7, 11) is 0. The summed E-state index contributed by atoms with van der Waals surface area (Å²) < 4.78 is 5.32. The molecule has 0 unspecified atom stereocenters. The highest BCUT2D eigenvalue weighted by atomic mass is 16.5. The Hall–Kier alpha value is -0.0800. The van der Waals surface area contributed by atoms with Crippen LogP contribution in [0.25, 0.3) is 0 Å². The molecule has 0 aliphatic carbocycles. The molecule has 1 aliphatic heterocycles. The molecule has 2 heteroatoms. The van der Waals surface area contributed by atoms with Gasteiger partial charge in [-0.3, -0.25) is 0 Å². The standard InChI is InChI=1S/C7H14O2/c1-6-2-3-7(4-8)5-9-6/h6-8H,2-5H2,1H3/t6-,7+/m0/s1. The second-order valence-electron chi connectivity index (χ2n) is 2.77. The summed E-state index contributed by atoms with van der Waals surface area (Å²) in [6.07, 6.45) is 2.64. The van der Waals surface area contributed by atoms with Crippen molar-refractivity contribution in [3.63, 3.8) is 0 Å². The molecule has 9 heavy (non-hydrogen) atoms. The predicted octanol–water partition coefficient (Wildman–Crippen LogP) is 0.794. The molecule has 1 heterocycles. The number of hydrogen-bond donors (Lipinski definition) is 1. The molecule has 0 aromatic heterocycles. The Labute approximate surface area is 55.8 Å². The highest BCUT2D eigenvalue weighted by molar-refractivity contribution is 4.65. The van der Waals surface area contributed by atoms with Crippen molar-refractivity contribution in [3.8, 4) is 0 Å². The van der Waals surface area contributed by atoms with Crippen LogP contribution in [0.3, 0.4) is 0 Å². The summed E-state index contributed by atoms with van der Waals surface area (Å²) in [6, 6.07) is 0. The normalized spacial score (nSPS) is 36.7. The van der Waals surface area contributed by atoms with Gasteiger partial charge in [-0.05, 0) is 19.8 Å². The van der Waals surface area contributed by atoms with Crippen LogP contribution < -0.4 is 0 Å². The SMILES string of the molecule is C[C@H]1CC[C@H](CO)CO1. The van der Waals surface area contributed by atoms with E-state index in [4.69, 9.17) is 9.84 Å². The summed E-state index contributed by atoms with van der Waals surface area (Å²) in [5.74, 6) is 0.404. The molecule has 1 aliphatic rings. The highest BCUT2D eigenvalue weighted by Gasteiger charge is 2.16. The first-order valence-electron chi connectivity index (χ1n) is 3.55. The van der Waals surface area contributed by atoms with E-state index in [9.17, 15) is 0 Å². The van der Waals surface area contributed by atoms with Crippen molar-refractivity contribution in [1.29, 1.82) is 0 Å². The molecule has 0 spiro atoms. The molecular weight excluding hydrogens is 116 g/mol. The van der Waals surface area contributed by atoms with Crippen LogP contribution in [0.2, 0.25) is 0 Å². The number of ether oxygens (including phenoxy) is 1. The third-order valence-corrected chi connectivity index (χ3v) is 1.86. The minimum absolute atomic E-state index is 0.284. The van der Waals surface area contributed by atoms with Crippen LogP contribution in [0.4, 0.5) is 0 Å². The van der Waals surface area contributed by atoms with Crippen molar-refractivity contribution >= 4 is 0 Å². The lowest BCUT2D eigenvalue weighted by molar-refractivity contribution is -0.0202. The fourth-order valence-electron chi connectivity index (χ4n) is 1.08. The lowest BCUT2D eigenvalue weighted by atomic mass is 10.0. The Morgan fingerprint density at radius 1 is 1.56 bits per heavy atom. The monoisotopic (exact) mass is 130 g/mol. The number of aliphatic hydroxyl groups excluding tert-OH is 1. The highest BCUT2D eigenvalue weighted by Crippen LogP contribution is 2.17. The summed E-state index contributed by atoms with van der Waals surface area (Å²) in [4.78, 5) is 0. The van der Waals surface area contributed by atoms with E-state index >= 15 is 0 Å². The van der Waals surface area contributed by atoms with Gasteiger partial charge in [0.2, 0.25) is 0 Å². The first-order chi connectivity index (χ1) is 4.33. The largest absolute Gasteiger partial charge is 0.396 e. The first kappa shape index (κ1) is 7.03. The van der Waals surface area contributed by atoms with Crippen molar-refractivity contribution < 1.29 is 9.84 Å². The molecule has 0 saturated carbocycles. The average Bonchev–Trinajstić information content (AvgIpc) is 1.90. The Kier molecular flexibility index (Phi) is 2.49. The van der Waals surface area contributed by atoms with Gasteiger partial charge in [0.1, 0.15) is 0 Å². The predicted molar refractivity (Wildman–Crippen MR) is 35.2 cm³/mol. The van der Waals surface area contributed by atoms with E-state index in [0.29, 0.717) is 12.0 Å². The second-order valence-corrected chi connectivity index (χ2v) is 2.77.